The fourth-order valence-electron chi connectivity index (χ4n) is 1.81. The third kappa shape index (κ3) is 6.40. The monoisotopic (exact) mass is 295 g/mol. The fourth-order valence-corrected chi connectivity index (χ4v) is 1.81. The summed E-state index contributed by atoms with van der Waals surface area (Å²) < 4.78 is 1.89. The van der Waals surface area contributed by atoms with E-state index in [2.05, 4.69) is 28.0 Å². The van der Waals surface area contributed by atoms with Crippen molar-refractivity contribution in [2.24, 2.45) is 0 Å². The largest absolute Gasteiger partial charge is 0.355 e. The number of carbonyl (C=O) groups excluding carboxylic acids is 2. The highest BCUT2D eigenvalue weighted by Gasteiger charge is 2.15. The van der Waals surface area contributed by atoms with Crippen LogP contribution in [0, 0.1) is 6.92 Å². The van der Waals surface area contributed by atoms with Crippen molar-refractivity contribution in [3.63, 3.8) is 0 Å². The summed E-state index contributed by atoms with van der Waals surface area (Å²) in [6, 6.07) is 0.274. The van der Waals surface area contributed by atoms with E-state index in [0.29, 0.717) is 13.1 Å². The molecule has 7 nitrogen and oxygen atoms in total. The summed E-state index contributed by atoms with van der Waals surface area (Å²) >= 11 is 0. The van der Waals surface area contributed by atoms with Gasteiger partial charge in [-0.15, -0.1) is 0 Å². The first kappa shape index (κ1) is 17.2. The van der Waals surface area contributed by atoms with Gasteiger partial charge < -0.3 is 16.0 Å². The van der Waals surface area contributed by atoms with Gasteiger partial charge >= 0.3 is 0 Å². The molecule has 1 rings (SSSR count). The van der Waals surface area contributed by atoms with Crippen molar-refractivity contribution in [2.75, 3.05) is 19.6 Å². The maximum atomic E-state index is 11.6. The lowest BCUT2D eigenvalue weighted by molar-refractivity contribution is -0.121. The molecular weight excluding hydrogens is 270 g/mol. The Morgan fingerprint density at radius 3 is 2.52 bits per heavy atom. The first-order valence-corrected chi connectivity index (χ1v) is 7.15. The second-order valence-corrected chi connectivity index (χ2v) is 5.24. The average Bonchev–Trinajstić information content (AvgIpc) is 2.86. The molecule has 0 saturated heterocycles. The van der Waals surface area contributed by atoms with Crippen LogP contribution in [0.1, 0.15) is 32.4 Å². The zero-order valence-electron chi connectivity index (χ0n) is 13.1. The van der Waals surface area contributed by atoms with E-state index >= 15 is 0 Å². The van der Waals surface area contributed by atoms with Crippen molar-refractivity contribution in [2.45, 2.75) is 39.8 Å². The molecule has 0 saturated carbocycles. The van der Waals surface area contributed by atoms with Crippen molar-refractivity contribution < 1.29 is 9.59 Å². The van der Waals surface area contributed by atoms with Crippen LogP contribution in [-0.2, 0) is 9.59 Å². The highest BCUT2D eigenvalue weighted by molar-refractivity contribution is 5.78. The molecule has 0 radical (unpaired) electrons. The molecule has 21 heavy (non-hydrogen) atoms. The van der Waals surface area contributed by atoms with Crippen LogP contribution in [0.25, 0.3) is 0 Å². The summed E-state index contributed by atoms with van der Waals surface area (Å²) in [5.74, 6) is -0.185. The van der Waals surface area contributed by atoms with Crippen LogP contribution in [0.2, 0.25) is 0 Å². The number of hydrogen-bond donors (Lipinski definition) is 3. The van der Waals surface area contributed by atoms with Crippen molar-refractivity contribution in [1.29, 1.82) is 0 Å². The maximum Gasteiger partial charge on any atom is 0.234 e. The van der Waals surface area contributed by atoms with E-state index < -0.39 is 0 Å². The summed E-state index contributed by atoms with van der Waals surface area (Å²) in [7, 11) is 0. The molecule has 0 fully saturated rings. The molecular formula is C14H25N5O2. The smallest absolute Gasteiger partial charge is 0.234 e. The molecule has 1 aromatic rings. The number of rotatable bonds is 8. The highest BCUT2D eigenvalue weighted by Crippen LogP contribution is 2.10. The summed E-state index contributed by atoms with van der Waals surface area (Å²) in [6.45, 7) is 8.64. The standard InChI is InChI=1S/C14H25N5O2/c1-10-7-18-19(9-10)12(3)11(2)17-8-14(21)16-6-5-15-13(4)20/h7,9,11-12,17H,5-6,8H2,1-4H3,(H,15,20)(H,16,21)/t11-,12-/m0/s1. The predicted molar refractivity (Wildman–Crippen MR) is 80.8 cm³/mol. The number of aryl methyl sites for hydroxylation is 1. The van der Waals surface area contributed by atoms with E-state index in [1.54, 1.807) is 0 Å². The quantitative estimate of drug-likeness (QED) is 0.588. The van der Waals surface area contributed by atoms with Crippen LogP contribution >= 0.6 is 0 Å². The lowest BCUT2D eigenvalue weighted by atomic mass is 10.2. The Hall–Kier alpha value is -1.89. The number of amides is 2. The van der Waals surface area contributed by atoms with Crippen LogP contribution in [0.4, 0.5) is 0 Å². The second-order valence-electron chi connectivity index (χ2n) is 5.24. The van der Waals surface area contributed by atoms with Gasteiger partial charge in [0.05, 0.1) is 18.8 Å². The maximum absolute atomic E-state index is 11.6. The molecule has 0 spiro atoms. The van der Waals surface area contributed by atoms with E-state index in [4.69, 9.17) is 0 Å². The van der Waals surface area contributed by atoms with Gasteiger partial charge in [0.1, 0.15) is 0 Å². The molecule has 1 heterocycles. The second kappa shape index (κ2) is 8.41. The van der Waals surface area contributed by atoms with E-state index in [1.165, 1.54) is 6.92 Å². The summed E-state index contributed by atoms with van der Waals surface area (Å²) in [5.41, 5.74) is 1.12. The van der Waals surface area contributed by atoms with E-state index in [1.807, 2.05) is 30.9 Å². The van der Waals surface area contributed by atoms with Gasteiger partial charge in [-0.2, -0.15) is 5.10 Å². The first-order valence-electron chi connectivity index (χ1n) is 7.15. The van der Waals surface area contributed by atoms with E-state index in [0.717, 1.165) is 5.56 Å². The summed E-state index contributed by atoms with van der Waals surface area (Å²) in [4.78, 5) is 22.3. The van der Waals surface area contributed by atoms with Crippen molar-refractivity contribution in [1.82, 2.24) is 25.7 Å². The molecule has 0 aliphatic carbocycles. The number of aromatic nitrogens is 2. The minimum absolute atomic E-state index is 0.0870. The highest BCUT2D eigenvalue weighted by atomic mass is 16.2. The van der Waals surface area contributed by atoms with Crippen LogP contribution in [0.3, 0.4) is 0 Å². The molecule has 0 aliphatic rings. The topological polar surface area (TPSA) is 88.0 Å². The summed E-state index contributed by atoms with van der Waals surface area (Å²) in [5, 5.41) is 12.8. The molecule has 7 heteroatoms. The van der Waals surface area contributed by atoms with Gasteiger partial charge in [-0.25, -0.2) is 0 Å². The minimum atomic E-state index is -0.0978. The summed E-state index contributed by atoms with van der Waals surface area (Å²) in [6.07, 6.45) is 3.80. The number of nitrogens with one attached hydrogen (secondary N) is 3. The average molecular weight is 295 g/mol. The molecule has 2 amide bonds. The molecule has 0 aliphatic heterocycles. The van der Waals surface area contributed by atoms with E-state index in [9.17, 15) is 9.59 Å². The molecule has 3 N–H and O–H groups in total. The van der Waals surface area contributed by atoms with E-state index in [-0.39, 0.29) is 30.4 Å². The Bertz CT molecular complexity index is 472. The molecule has 0 unspecified atom stereocenters. The van der Waals surface area contributed by atoms with Crippen LogP contribution in [0.15, 0.2) is 12.4 Å². The number of carbonyl (C=O) groups is 2. The van der Waals surface area contributed by atoms with Gasteiger partial charge in [0, 0.05) is 32.3 Å². The van der Waals surface area contributed by atoms with Gasteiger partial charge in [-0.05, 0) is 26.3 Å². The van der Waals surface area contributed by atoms with Gasteiger partial charge in [-0.1, -0.05) is 0 Å². The molecule has 0 aromatic carbocycles. The van der Waals surface area contributed by atoms with Gasteiger partial charge in [0.15, 0.2) is 0 Å². The minimum Gasteiger partial charge on any atom is -0.355 e. The molecule has 0 bridgehead atoms. The van der Waals surface area contributed by atoms with Crippen LogP contribution < -0.4 is 16.0 Å². The van der Waals surface area contributed by atoms with Gasteiger partial charge in [-0.3, -0.25) is 14.3 Å². The Morgan fingerprint density at radius 2 is 1.95 bits per heavy atom. The van der Waals surface area contributed by atoms with Crippen LogP contribution in [-0.4, -0.2) is 47.3 Å². The lowest BCUT2D eigenvalue weighted by Gasteiger charge is -2.21. The number of nitrogens with zero attached hydrogens (tertiary/aromatic N) is 2. The third-order valence-corrected chi connectivity index (χ3v) is 3.28. The van der Waals surface area contributed by atoms with Crippen LogP contribution in [0.5, 0.6) is 0 Å². The fraction of sp³-hybridized carbons (Fsp3) is 0.643. The Labute approximate surface area is 125 Å². The lowest BCUT2D eigenvalue weighted by Crippen LogP contribution is -2.43. The zero-order valence-corrected chi connectivity index (χ0v) is 13.1. The SMILES string of the molecule is CC(=O)NCCNC(=O)CN[C@@H](C)[C@H](C)n1cc(C)cn1. The van der Waals surface area contributed by atoms with Gasteiger partial charge in [0.25, 0.3) is 0 Å². The molecule has 1 aromatic heterocycles. The normalized spacial score (nSPS) is 13.5. The van der Waals surface area contributed by atoms with Gasteiger partial charge in [0.2, 0.25) is 11.8 Å². The van der Waals surface area contributed by atoms with Crippen molar-refractivity contribution in [3.8, 4) is 0 Å². The van der Waals surface area contributed by atoms with Crippen molar-refractivity contribution >= 4 is 11.8 Å². The first-order chi connectivity index (χ1) is 9.90. The zero-order chi connectivity index (χ0) is 15.8. The predicted octanol–water partition coefficient (Wildman–Crippen LogP) is -0.0171. The third-order valence-electron chi connectivity index (χ3n) is 3.28. The molecule has 118 valence electrons. The van der Waals surface area contributed by atoms with Crippen molar-refractivity contribution in [3.05, 3.63) is 18.0 Å². The Morgan fingerprint density at radius 1 is 1.29 bits per heavy atom. The Kier molecular flexibility index (Phi) is 6.87. The Balaban J connectivity index is 2.24. The molecule has 2 atom stereocenters. The number of hydrogen-bond acceptors (Lipinski definition) is 4.